The van der Waals surface area contributed by atoms with Crippen LogP contribution < -0.4 is 11.1 Å². The second kappa shape index (κ2) is 8.54. The quantitative estimate of drug-likeness (QED) is 0.735. The van der Waals surface area contributed by atoms with Gasteiger partial charge in [-0.15, -0.1) is 0 Å². The van der Waals surface area contributed by atoms with Crippen molar-refractivity contribution >= 4 is 17.5 Å². The summed E-state index contributed by atoms with van der Waals surface area (Å²) in [6.45, 7) is 1.42. The monoisotopic (exact) mass is 318 g/mol. The number of benzene rings is 2. The number of carbonyl (C=O) groups excluding carboxylic acids is 1. The minimum absolute atomic E-state index is 0.405. The van der Waals surface area contributed by atoms with Gasteiger partial charge in [0.1, 0.15) is 6.04 Å². The van der Waals surface area contributed by atoms with Crippen LogP contribution in [0.25, 0.3) is 0 Å². The Morgan fingerprint density at radius 1 is 1.14 bits per heavy atom. The van der Waals surface area contributed by atoms with Crippen molar-refractivity contribution in [3.63, 3.8) is 0 Å². The van der Waals surface area contributed by atoms with Gasteiger partial charge in [0.15, 0.2) is 0 Å². The third-order valence-corrected chi connectivity index (χ3v) is 3.60. The summed E-state index contributed by atoms with van der Waals surface area (Å²) in [5.41, 5.74) is 7.23. The molecule has 0 aliphatic heterocycles. The van der Waals surface area contributed by atoms with Crippen LogP contribution in [-0.2, 0) is 16.1 Å². The number of hydrogen-bond donors (Lipinski definition) is 2. The molecule has 1 amide bonds. The van der Waals surface area contributed by atoms with E-state index in [0.717, 1.165) is 11.1 Å². The summed E-state index contributed by atoms with van der Waals surface area (Å²) >= 11 is 6.05. The fourth-order valence-corrected chi connectivity index (χ4v) is 2.29. The number of ether oxygens (including phenoxy) is 1. The molecule has 5 heteroatoms. The molecule has 0 unspecified atom stereocenters. The van der Waals surface area contributed by atoms with E-state index in [4.69, 9.17) is 22.1 Å². The van der Waals surface area contributed by atoms with E-state index in [1.807, 2.05) is 54.6 Å². The van der Waals surface area contributed by atoms with Crippen molar-refractivity contribution in [2.75, 3.05) is 13.2 Å². The fourth-order valence-electron chi connectivity index (χ4n) is 2.10. The van der Waals surface area contributed by atoms with Crippen LogP contribution in [0, 0.1) is 0 Å². The normalized spacial score (nSPS) is 12.0. The van der Waals surface area contributed by atoms with E-state index in [1.165, 1.54) is 0 Å². The Kier molecular flexibility index (Phi) is 6.40. The second-order valence-corrected chi connectivity index (χ2v) is 5.25. The van der Waals surface area contributed by atoms with Crippen LogP contribution in [0.2, 0.25) is 5.02 Å². The summed E-state index contributed by atoms with van der Waals surface area (Å²) in [6.07, 6.45) is 0. The number of nitrogens with one attached hydrogen (secondary N) is 1. The van der Waals surface area contributed by atoms with Gasteiger partial charge in [0.2, 0.25) is 5.91 Å². The zero-order chi connectivity index (χ0) is 15.8. The van der Waals surface area contributed by atoms with Crippen molar-refractivity contribution in [2.24, 2.45) is 5.73 Å². The molecule has 0 saturated heterocycles. The first-order valence-electron chi connectivity index (χ1n) is 7.07. The van der Waals surface area contributed by atoms with E-state index < -0.39 is 11.9 Å². The fraction of sp³-hybridized carbons (Fsp3) is 0.235. The first kappa shape index (κ1) is 16.5. The molecule has 0 aromatic heterocycles. The summed E-state index contributed by atoms with van der Waals surface area (Å²) < 4.78 is 5.57. The standard InChI is InChI=1S/C17H19ClN2O2/c18-15-9-5-4-8-14(15)12-22-11-10-20-16(17(19)21)13-6-2-1-3-7-13/h1-9,16,20H,10-12H2,(H2,19,21)/t16-/m1/s1. The van der Waals surface area contributed by atoms with Gasteiger partial charge in [0.05, 0.1) is 13.2 Å². The van der Waals surface area contributed by atoms with Crippen molar-refractivity contribution < 1.29 is 9.53 Å². The van der Waals surface area contributed by atoms with Gasteiger partial charge in [0.25, 0.3) is 0 Å². The minimum Gasteiger partial charge on any atom is -0.375 e. The smallest absolute Gasteiger partial charge is 0.239 e. The molecule has 0 bridgehead atoms. The number of nitrogens with two attached hydrogens (primary N) is 1. The molecule has 116 valence electrons. The van der Waals surface area contributed by atoms with Crippen molar-refractivity contribution in [3.05, 3.63) is 70.7 Å². The summed E-state index contributed by atoms with van der Waals surface area (Å²) in [5.74, 6) is -0.405. The summed E-state index contributed by atoms with van der Waals surface area (Å²) in [6, 6.07) is 16.4. The molecule has 2 rings (SSSR count). The molecule has 0 saturated carbocycles. The van der Waals surface area contributed by atoms with Crippen molar-refractivity contribution in [3.8, 4) is 0 Å². The maximum absolute atomic E-state index is 11.5. The molecule has 0 aliphatic carbocycles. The lowest BCUT2D eigenvalue weighted by molar-refractivity contribution is -0.120. The molecule has 0 fully saturated rings. The molecule has 1 atom stereocenters. The Morgan fingerprint density at radius 2 is 1.82 bits per heavy atom. The second-order valence-electron chi connectivity index (χ2n) is 4.84. The van der Waals surface area contributed by atoms with Gasteiger partial charge in [-0.25, -0.2) is 0 Å². The number of amides is 1. The van der Waals surface area contributed by atoms with Gasteiger partial charge in [-0.1, -0.05) is 60.1 Å². The van der Waals surface area contributed by atoms with Crippen molar-refractivity contribution in [2.45, 2.75) is 12.6 Å². The van der Waals surface area contributed by atoms with E-state index in [1.54, 1.807) is 0 Å². The third kappa shape index (κ3) is 4.84. The molecular formula is C17H19ClN2O2. The Bertz CT molecular complexity index is 605. The maximum atomic E-state index is 11.5. The molecule has 0 aliphatic rings. The van der Waals surface area contributed by atoms with Gasteiger partial charge in [0, 0.05) is 11.6 Å². The molecular weight excluding hydrogens is 300 g/mol. The number of rotatable bonds is 8. The van der Waals surface area contributed by atoms with Crippen molar-refractivity contribution in [1.29, 1.82) is 0 Å². The van der Waals surface area contributed by atoms with Gasteiger partial charge >= 0.3 is 0 Å². The van der Waals surface area contributed by atoms with Crippen LogP contribution in [0.5, 0.6) is 0 Å². The molecule has 22 heavy (non-hydrogen) atoms. The summed E-state index contributed by atoms with van der Waals surface area (Å²) in [7, 11) is 0. The number of primary amides is 1. The Balaban J connectivity index is 1.77. The molecule has 2 aromatic rings. The summed E-state index contributed by atoms with van der Waals surface area (Å²) in [4.78, 5) is 11.5. The molecule has 4 nitrogen and oxygen atoms in total. The van der Waals surface area contributed by atoms with Crippen LogP contribution in [0.4, 0.5) is 0 Å². The van der Waals surface area contributed by atoms with Crippen LogP contribution >= 0.6 is 11.6 Å². The van der Waals surface area contributed by atoms with Gasteiger partial charge < -0.3 is 10.5 Å². The van der Waals surface area contributed by atoms with E-state index in [2.05, 4.69) is 5.32 Å². The highest BCUT2D eigenvalue weighted by atomic mass is 35.5. The topological polar surface area (TPSA) is 64.4 Å². The van der Waals surface area contributed by atoms with Gasteiger partial charge in [-0.05, 0) is 17.2 Å². The van der Waals surface area contributed by atoms with Crippen molar-refractivity contribution in [1.82, 2.24) is 5.32 Å². The highest BCUT2D eigenvalue weighted by molar-refractivity contribution is 6.31. The molecule has 0 radical (unpaired) electrons. The zero-order valence-electron chi connectivity index (χ0n) is 12.2. The Hall–Kier alpha value is -1.88. The third-order valence-electron chi connectivity index (χ3n) is 3.23. The van der Waals surface area contributed by atoms with Crippen LogP contribution in [0.1, 0.15) is 17.2 Å². The first-order chi connectivity index (χ1) is 10.7. The SMILES string of the molecule is NC(=O)[C@H](NCCOCc1ccccc1Cl)c1ccccc1. The Morgan fingerprint density at radius 3 is 2.50 bits per heavy atom. The average Bonchev–Trinajstić information content (AvgIpc) is 2.53. The number of halogens is 1. The van der Waals surface area contributed by atoms with Gasteiger partial charge in [-0.2, -0.15) is 0 Å². The zero-order valence-corrected chi connectivity index (χ0v) is 12.9. The van der Waals surface area contributed by atoms with Crippen LogP contribution in [0.3, 0.4) is 0 Å². The van der Waals surface area contributed by atoms with Crippen LogP contribution in [0.15, 0.2) is 54.6 Å². The van der Waals surface area contributed by atoms with E-state index in [9.17, 15) is 4.79 Å². The molecule has 0 spiro atoms. The summed E-state index contributed by atoms with van der Waals surface area (Å²) in [5, 5.41) is 3.79. The van der Waals surface area contributed by atoms with E-state index >= 15 is 0 Å². The Labute approximate surface area is 135 Å². The number of hydrogen-bond acceptors (Lipinski definition) is 3. The predicted molar refractivity (Wildman–Crippen MR) is 87.5 cm³/mol. The molecule has 2 aromatic carbocycles. The lowest BCUT2D eigenvalue weighted by Crippen LogP contribution is -2.35. The lowest BCUT2D eigenvalue weighted by Gasteiger charge is -2.16. The van der Waals surface area contributed by atoms with E-state index in [-0.39, 0.29) is 0 Å². The largest absolute Gasteiger partial charge is 0.375 e. The maximum Gasteiger partial charge on any atom is 0.239 e. The van der Waals surface area contributed by atoms with E-state index in [0.29, 0.717) is 24.8 Å². The molecule has 3 N–H and O–H groups in total. The number of carbonyl (C=O) groups is 1. The van der Waals surface area contributed by atoms with Crippen LogP contribution in [-0.4, -0.2) is 19.1 Å². The average molecular weight is 319 g/mol. The van der Waals surface area contributed by atoms with Gasteiger partial charge in [-0.3, -0.25) is 10.1 Å². The minimum atomic E-state index is -0.509. The molecule has 0 heterocycles. The first-order valence-corrected chi connectivity index (χ1v) is 7.45. The predicted octanol–water partition coefficient (Wildman–Crippen LogP) is 2.67. The highest BCUT2D eigenvalue weighted by Gasteiger charge is 2.16. The lowest BCUT2D eigenvalue weighted by atomic mass is 10.1. The highest BCUT2D eigenvalue weighted by Crippen LogP contribution is 2.15.